The Morgan fingerprint density at radius 1 is 1.32 bits per heavy atom. The molecule has 0 spiro atoms. The van der Waals surface area contributed by atoms with Crippen LogP contribution in [0.4, 0.5) is 0 Å². The molecule has 120 valence electrons. The number of benzene rings is 1. The van der Waals surface area contributed by atoms with Crippen LogP contribution in [-0.4, -0.2) is 40.9 Å². The second-order valence-electron chi connectivity index (χ2n) is 5.63. The maximum Gasteiger partial charge on any atom is 0.0646 e. The van der Waals surface area contributed by atoms with Gasteiger partial charge in [0.1, 0.15) is 0 Å². The molecule has 1 saturated heterocycles. The highest BCUT2D eigenvalue weighted by atomic mass is 79.9. The Morgan fingerprint density at radius 2 is 2.09 bits per heavy atom. The number of nitrogens with zero attached hydrogens (tertiary/aromatic N) is 3. The number of hydrogen-bond acceptors (Lipinski definition) is 3. The van der Waals surface area contributed by atoms with Gasteiger partial charge in [-0.15, -0.1) is 12.4 Å². The normalized spacial score (nSPS) is 18.9. The highest BCUT2D eigenvalue weighted by Gasteiger charge is 2.18. The van der Waals surface area contributed by atoms with E-state index in [2.05, 4.69) is 56.6 Å². The maximum absolute atomic E-state index is 4.48. The molecule has 2 aromatic rings. The summed E-state index contributed by atoms with van der Waals surface area (Å²) in [5, 5.41) is 7.87. The van der Waals surface area contributed by atoms with Crippen LogP contribution in [0.2, 0.25) is 0 Å². The summed E-state index contributed by atoms with van der Waals surface area (Å²) < 4.78 is 3.03. The SMILES string of the molecule is CNC1CCCN(Cc2cnn(-c3ccc(Br)cc3)c2)C1.Cl. The molecule has 0 bridgehead atoms. The van der Waals surface area contributed by atoms with Crippen molar-refractivity contribution in [3.63, 3.8) is 0 Å². The Morgan fingerprint density at radius 3 is 2.82 bits per heavy atom. The Kier molecular flexibility index (Phi) is 6.44. The molecule has 1 atom stereocenters. The van der Waals surface area contributed by atoms with Crippen molar-refractivity contribution in [3.05, 3.63) is 46.7 Å². The van der Waals surface area contributed by atoms with E-state index in [1.54, 1.807) is 0 Å². The first-order valence-corrected chi connectivity index (χ1v) is 8.23. The molecule has 4 nitrogen and oxygen atoms in total. The third-order valence-corrected chi connectivity index (χ3v) is 4.58. The Hall–Kier alpha value is -0.880. The molecule has 1 unspecified atom stereocenters. The minimum absolute atomic E-state index is 0. The number of aromatic nitrogens is 2. The molecule has 1 fully saturated rings. The fourth-order valence-electron chi connectivity index (χ4n) is 2.87. The fourth-order valence-corrected chi connectivity index (χ4v) is 3.13. The number of rotatable bonds is 4. The third kappa shape index (κ3) is 4.32. The first kappa shape index (κ1) is 17.5. The van der Waals surface area contributed by atoms with Gasteiger partial charge in [-0.3, -0.25) is 4.90 Å². The lowest BCUT2D eigenvalue weighted by Crippen LogP contribution is -2.43. The fraction of sp³-hybridized carbons (Fsp3) is 0.438. The second kappa shape index (κ2) is 8.11. The standard InChI is InChI=1S/C16H21BrN4.ClH/c1-18-15-3-2-8-20(12-15)10-13-9-19-21(11-13)16-6-4-14(17)5-7-16;/h4-7,9,11,15,18H,2-3,8,10,12H2,1H3;1H. The van der Waals surface area contributed by atoms with E-state index in [0.717, 1.165) is 23.2 Å². The minimum Gasteiger partial charge on any atom is -0.316 e. The van der Waals surface area contributed by atoms with Crippen molar-refractivity contribution in [2.45, 2.75) is 25.4 Å². The minimum atomic E-state index is 0. The molecule has 1 aromatic carbocycles. The van der Waals surface area contributed by atoms with Gasteiger partial charge in [-0.2, -0.15) is 5.10 Å². The molecule has 0 radical (unpaired) electrons. The van der Waals surface area contributed by atoms with Crippen molar-refractivity contribution >= 4 is 28.3 Å². The van der Waals surface area contributed by atoms with E-state index in [1.165, 1.54) is 24.9 Å². The number of halogens is 2. The number of hydrogen-bond donors (Lipinski definition) is 1. The Balaban J connectivity index is 0.00000176. The zero-order valence-corrected chi connectivity index (χ0v) is 15.1. The molecule has 3 rings (SSSR count). The molecule has 1 aromatic heterocycles. The van der Waals surface area contributed by atoms with Gasteiger partial charge in [-0.25, -0.2) is 4.68 Å². The molecule has 6 heteroatoms. The summed E-state index contributed by atoms with van der Waals surface area (Å²) in [5.74, 6) is 0. The average Bonchev–Trinajstić information content (AvgIpc) is 2.96. The van der Waals surface area contributed by atoms with Crippen LogP contribution in [0.1, 0.15) is 18.4 Å². The van der Waals surface area contributed by atoms with Gasteiger partial charge in [0.15, 0.2) is 0 Å². The van der Waals surface area contributed by atoms with Gasteiger partial charge in [-0.1, -0.05) is 15.9 Å². The molecular formula is C16H22BrClN4. The van der Waals surface area contributed by atoms with Gasteiger partial charge >= 0.3 is 0 Å². The van der Waals surface area contributed by atoms with Crippen LogP contribution in [0.15, 0.2) is 41.1 Å². The molecule has 0 amide bonds. The summed E-state index contributed by atoms with van der Waals surface area (Å²) in [5.41, 5.74) is 2.37. The summed E-state index contributed by atoms with van der Waals surface area (Å²) in [6.07, 6.45) is 6.66. The van der Waals surface area contributed by atoms with Crippen molar-refractivity contribution in [2.75, 3.05) is 20.1 Å². The van der Waals surface area contributed by atoms with Crippen LogP contribution in [-0.2, 0) is 6.54 Å². The summed E-state index contributed by atoms with van der Waals surface area (Å²) >= 11 is 3.46. The van der Waals surface area contributed by atoms with E-state index < -0.39 is 0 Å². The van der Waals surface area contributed by atoms with Crippen LogP contribution in [0.3, 0.4) is 0 Å². The smallest absolute Gasteiger partial charge is 0.0646 e. The van der Waals surface area contributed by atoms with E-state index >= 15 is 0 Å². The van der Waals surface area contributed by atoms with Crippen LogP contribution in [0, 0.1) is 0 Å². The van der Waals surface area contributed by atoms with Crippen LogP contribution < -0.4 is 5.32 Å². The molecule has 22 heavy (non-hydrogen) atoms. The van der Waals surface area contributed by atoms with E-state index in [-0.39, 0.29) is 12.4 Å². The second-order valence-corrected chi connectivity index (χ2v) is 6.55. The van der Waals surface area contributed by atoms with Crippen LogP contribution in [0.25, 0.3) is 5.69 Å². The van der Waals surface area contributed by atoms with Crippen molar-refractivity contribution in [1.82, 2.24) is 20.0 Å². The third-order valence-electron chi connectivity index (χ3n) is 4.05. The first-order valence-electron chi connectivity index (χ1n) is 7.44. The first-order chi connectivity index (χ1) is 10.2. The summed E-state index contributed by atoms with van der Waals surface area (Å²) in [7, 11) is 2.06. The highest BCUT2D eigenvalue weighted by molar-refractivity contribution is 9.10. The summed E-state index contributed by atoms with van der Waals surface area (Å²) in [6.45, 7) is 3.29. The number of piperidine rings is 1. The van der Waals surface area contributed by atoms with Crippen molar-refractivity contribution < 1.29 is 0 Å². The van der Waals surface area contributed by atoms with Crippen LogP contribution >= 0.6 is 28.3 Å². The monoisotopic (exact) mass is 384 g/mol. The van der Waals surface area contributed by atoms with E-state index in [1.807, 2.05) is 23.0 Å². The van der Waals surface area contributed by atoms with E-state index in [0.29, 0.717) is 6.04 Å². The van der Waals surface area contributed by atoms with Gasteiger partial charge in [0, 0.05) is 35.4 Å². The van der Waals surface area contributed by atoms with Crippen molar-refractivity contribution in [2.24, 2.45) is 0 Å². The predicted octanol–water partition coefficient (Wildman–Crippen LogP) is 3.24. The Bertz CT molecular complexity index is 584. The van der Waals surface area contributed by atoms with Crippen LogP contribution in [0.5, 0.6) is 0 Å². The van der Waals surface area contributed by atoms with Gasteiger partial charge in [0.25, 0.3) is 0 Å². The summed E-state index contributed by atoms with van der Waals surface area (Å²) in [6, 6.07) is 8.84. The van der Waals surface area contributed by atoms with Gasteiger partial charge in [0.05, 0.1) is 11.9 Å². The summed E-state index contributed by atoms with van der Waals surface area (Å²) in [4.78, 5) is 2.51. The van der Waals surface area contributed by atoms with Gasteiger partial charge in [-0.05, 0) is 50.7 Å². The largest absolute Gasteiger partial charge is 0.316 e. The van der Waals surface area contributed by atoms with Crippen molar-refractivity contribution in [3.8, 4) is 5.69 Å². The quantitative estimate of drug-likeness (QED) is 0.877. The van der Waals surface area contributed by atoms with Gasteiger partial charge < -0.3 is 5.32 Å². The number of likely N-dealkylation sites (tertiary alicyclic amines) is 1. The zero-order chi connectivity index (χ0) is 14.7. The maximum atomic E-state index is 4.48. The lowest BCUT2D eigenvalue weighted by molar-refractivity contribution is 0.188. The molecule has 0 saturated carbocycles. The predicted molar refractivity (Wildman–Crippen MR) is 95.9 cm³/mol. The Labute approximate surface area is 146 Å². The zero-order valence-electron chi connectivity index (χ0n) is 12.7. The molecule has 1 aliphatic heterocycles. The molecule has 1 N–H and O–H groups in total. The van der Waals surface area contributed by atoms with Crippen molar-refractivity contribution in [1.29, 1.82) is 0 Å². The molecule has 0 aliphatic carbocycles. The van der Waals surface area contributed by atoms with E-state index in [9.17, 15) is 0 Å². The number of nitrogens with one attached hydrogen (secondary N) is 1. The molecule has 2 heterocycles. The van der Waals surface area contributed by atoms with Gasteiger partial charge in [0.2, 0.25) is 0 Å². The van der Waals surface area contributed by atoms with E-state index in [4.69, 9.17) is 0 Å². The lowest BCUT2D eigenvalue weighted by atomic mass is 10.1. The average molecular weight is 386 g/mol. The topological polar surface area (TPSA) is 33.1 Å². The highest BCUT2D eigenvalue weighted by Crippen LogP contribution is 2.16. The lowest BCUT2D eigenvalue weighted by Gasteiger charge is -2.32. The number of likely N-dealkylation sites (N-methyl/N-ethyl adjacent to an activating group) is 1. The molecular weight excluding hydrogens is 364 g/mol. The molecule has 1 aliphatic rings.